The Balaban J connectivity index is 1.41. The molecular formula is C26H34N2O2. The van der Waals surface area contributed by atoms with Crippen molar-refractivity contribution in [2.45, 2.75) is 70.4 Å². The molecule has 2 atom stereocenters. The van der Waals surface area contributed by atoms with Crippen molar-refractivity contribution in [1.29, 1.82) is 0 Å². The molecule has 0 radical (unpaired) electrons. The summed E-state index contributed by atoms with van der Waals surface area (Å²) >= 11 is 0. The average molecular weight is 407 g/mol. The van der Waals surface area contributed by atoms with Gasteiger partial charge in [-0.25, -0.2) is 0 Å². The molecule has 0 unspecified atom stereocenters. The van der Waals surface area contributed by atoms with Gasteiger partial charge in [0.2, 0.25) is 0 Å². The number of esters is 1. The summed E-state index contributed by atoms with van der Waals surface area (Å²) in [6.45, 7) is 5.84. The van der Waals surface area contributed by atoms with Gasteiger partial charge in [-0.15, -0.1) is 0 Å². The van der Waals surface area contributed by atoms with E-state index in [0.29, 0.717) is 24.6 Å². The molecule has 0 saturated heterocycles. The normalized spacial score (nSPS) is 24.7. The number of rotatable bonds is 4. The molecule has 2 aliphatic carbocycles. The van der Waals surface area contributed by atoms with E-state index >= 15 is 0 Å². The van der Waals surface area contributed by atoms with Gasteiger partial charge in [-0.2, -0.15) is 0 Å². The highest BCUT2D eigenvalue weighted by atomic mass is 16.5. The SMILES string of the molecule is CC(C)n1cc2c3c(cccc31)[C@H]1C=C(COC(=O)C3CCCCC3)CN(C)[C@@H]1C2. The van der Waals surface area contributed by atoms with Gasteiger partial charge in [0, 0.05) is 41.6 Å². The Morgan fingerprint density at radius 1 is 1.20 bits per heavy atom. The summed E-state index contributed by atoms with van der Waals surface area (Å²) in [6.07, 6.45) is 11.4. The number of carbonyl (C=O) groups excluding carboxylic acids is 1. The molecular weight excluding hydrogens is 372 g/mol. The first-order valence-corrected chi connectivity index (χ1v) is 11.7. The zero-order valence-corrected chi connectivity index (χ0v) is 18.6. The van der Waals surface area contributed by atoms with E-state index in [0.717, 1.165) is 38.6 Å². The maximum Gasteiger partial charge on any atom is 0.309 e. The first-order chi connectivity index (χ1) is 14.5. The topological polar surface area (TPSA) is 34.5 Å². The number of likely N-dealkylation sites (N-methyl/N-ethyl adjacent to an activating group) is 1. The van der Waals surface area contributed by atoms with Crippen molar-refractivity contribution < 1.29 is 9.53 Å². The highest BCUT2D eigenvalue weighted by Gasteiger charge is 2.36. The number of nitrogens with zero attached hydrogens (tertiary/aromatic N) is 2. The molecule has 30 heavy (non-hydrogen) atoms. The Hall–Kier alpha value is -2.07. The molecule has 1 aromatic heterocycles. The molecule has 1 fully saturated rings. The molecule has 4 heteroatoms. The van der Waals surface area contributed by atoms with Gasteiger partial charge in [-0.05, 0) is 62.9 Å². The Morgan fingerprint density at radius 3 is 2.77 bits per heavy atom. The second kappa shape index (κ2) is 7.88. The average Bonchev–Trinajstić information content (AvgIpc) is 3.14. The fourth-order valence-corrected chi connectivity index (χ4v) is 5.93. The lowest BCUT2D eigenvalue weighted by Crippen LogP contribution is -2.44. The summed E-state index contributed by atoms with van der Waals surface area (Å²) in [4.78, 5) is 15.0. The first kappa shape index (κ1) is 19.9. The summed E-state index contributed by atoms with van der Waals surface area (Å²) in [7, 11) is 2.22. The van der Waals surface area contributed by atoms with Crippen molar-refractivity contribution in [3.05, 3.63) is 47.2 Å². The highest BCUT2D eigenvalue weighted by Crippen LogP contribution is 2.43. The van der Waals surface area contributed by atoms with Gasteiger partial charge in [-0.1, -0.05) is 37.5 Å². The summed E-state index contributed by atoms with van der Waals surface area (Å²) in [5.74, 6) is 0.504. The van der Waals surface area contributed by atoms with Crippen LogP contribution in [0, 0.1) is 5.92 Å². The quantitative estimate of drug-likeness (QED) is 0.515. The third-order valence-corrected chi connectivity index (χ3v) is 7.50. The van der Waals surface area contributed by atoms with Crippen LogP contribution in [0.5, 0.6) is 0 Å². The van der Waals surface area contributed by atoms with E-state index in [1.165, 1.54) is 34.0 Å². The van der Waals surface area contributed by atoms with Gasteiger partial charge < -0.3 is 9.30 Å². The van der Waals surface area contributed by atoms with E-state index in [2.05, 4.69) is 60.8 Å². The van der Waals surface area contributed by atoms with Gasteiger partial charge >= 0.3 is 5.97 Å². The van der Waals surface area contributed by atoms with E-state index in [1.54, 1.807) is 0 Å². The molecule has 0 bridgehead atoms. The van der Waals surface area contributed by atoms with Crippen LogP contribution < -0.4 is 0 Å². The molecule has 0 spiro atoms. The van der Waals surface area contributed by atoms with Crippen LogP contribution in [-0.2, 0) is 16.0 Å². The third kappa shape index (κ3) is 3.39. The van der Waals surface area contributed by atoms with Crippen LogP contribution in [-0.4, -0.2) is 41.7 Å². The first-order valence-electron chi connectivity index (χ1n) is 11.7. The van der Waals surface area contributed by atoms with Crippen molar-refractivity contribution in [1.82, 2.24) is 9.47 Å². The Labute approximate surface area is 179 Å². The van der Waals surface area contributed by atoms with Crippen LogP contribution in [0.2, 0.25) is 0 Å². The summed E-state index contributed by atoms with van der Waals surface area (Å²) < 4.78 is 8.21. The zero-order valence-electron chi connectivity index (χ0n) is 18.6. The summed E-state index contributed by atoms with van der Waals surface area (Å²) in [6, 6.07) is 7.69. The lowest BCUT2D eigenvalue weighted by atomic mass is 9.77. The summed E-state index contributed by atoms with van der Waals surface area (Å²) in [5, 5.41) is 1.44. The van der Waals surface area contributed by atoms with E-state index in [1.807, 2.05) is 0 Å². The lowest BCUT2D eigenvalue weighted by Gasteiger charge is -2.41. The minimum atomic E-state index is 0.0161. The van der Waals surface area contributed by atoms with Crippen LogP contribution in [0.25, 0.3) is 10.9 Å². The van der Waals surface area contributed by atoms with Crippen molar-refractivity contribution in [2.75, 3.05) is 20.2 Å². The van der Waals surface area contributed by atoms with Gasteiger partial charge in [0.05, 0.1) is 5.92 Å². The largest absolute Gasteiger partial charge is 0.461 e. The van der Waals surface area contributed by atoms with Gasteiger partial charge in [0.15, 0.2) is 0 Å². The monoisotopic (exact) mass is 406 g/mol. The number of hydrogen-bond donors (Lipinski definition) is 0. The number of ether oxygens (including phenoxy) is 1. The standard InChI is InChI=1S/C26H34N2O2/c1-17(2)28-15-20-13-24-22(21-10-7-11-23(28)25(20)21)12-18(14-27(24)3)16-30-26(29)19-8-5-4-6-9-19/h7,10-12,15,17,19,22,24H,4-6,8-9,13-14,16H2,1-3H3/t22-,24-/m1/s1. The van der Waals surface area contributed by atoms with Crippen molar-refractivity contribution in [3.63, 3.8) is 0 Å². The number of aromatic nitrogens is 1. The maximum absolute atomic E-state index is 12.5. The maximum atomic E-state index is 12.5. The molecule has 0 amide bonds. The van der Waals surface area contributed by atoms with E-state index in [-0.39, 0.29) is 11.9 Å². The second-order valence-electron chi connectivity index (χ2n) is 9.88. The van der Waals surface area contributed by atoms with Crippen molar-refractivity contribution in [2.24, 2.45) is 5.92 Å². The van der Waals surface area contributed by atoms with E-state index < -0.39 is 0 Å². The molecule has 3 aliphatic rings. The van der Waals surface area contributed by atoms with Gasteiger partial charge in [0.25, 0.3) is 0 Å². The van der Waals surface area contributed by atoms with Crippen LogP contribution >= 0.6 is 0 Å². The van der Waals surface area contributed by atoms with Crippen LogP contribution in [0.1, 0.15) is 69.0 Å². The predicted molar refractivity (Wildman–Crippen MR) is 121 cm³/mol. The Morgan fingerprint density at radius 2 is 2.00 bits per heavy atom. The molecule has 160 valence electrons. The molecule has 1 saturated carbocycles. The third-order valence-electron chi connectivity index (χ3n) is 7.50. The molecule has 5 rings (SSSR count). The highest BCUT2D eigenvalue weighted by molar-refractivity contribution is 5.89. The zero-order chi connectivity index (χ0) is 20.8. The molecule has 1 aromatic carbocycles. The molecule has 1 aliphatic heterocycles. The number of carbonyl (C=O) groups is 1. The van der Waals surface area contributed by atoms with Crippen molar-refractivity contribution >= 4 is 16.9 Å². The molecule has 4 nitrogen and oxygen atoms in total. The summed E-state index contributed by atoms with van der Waals surface area (Å²) in [5.41, 5.74) is 5.50. The Bertz CT molecular complexity index is 980. The smallest absolute Gasteiger partial charge is 0.309 e. The van der Waals surface area contributed by atoms with E-state index in [9.17, 15) is 4.79 Å². The van der Waals surface area contributed by atoms with E-state index in [4.69, 9.17) is 4.74 Å². The van der Waals surface area contributed by atoms with Crippen LogP contribution in [0.3, 0.4) is 0 Å². The Kier molecular flexibility index (Phi) is 5.22. The lowest BCUT2D eigenvalue weighted by molar-refractivity contribution is -0.148. The minimum Gasteiger partial charge on any atom is -0.461 e. The predicted octanol–water partition coefficient (Wildman–Crippen LogP) is 5.23. The second-order valence-corrected chi connectivity index (χ2v) is 9.88. The molecule has 0 N–H and O–H groups in total. The van der Waals surface area contributed by atoms with Crippen molar-refractivity contribution in [3.8, 4) is 0 Å². The number of benzene rings is 1. The molecule has 2 heterocycles. The fourth-order valence-electron chi connectivity index (χ4n) is 5.93. The number of fused-ring (bicyclic) bond motifs is 2. The van der Waals surface area contributed by atoms with Gasteiger partial charge in [-0.3, -0.25) is 9.69 Å². The number of hydrogen-bond acceptors (Lipinski definition) is 3. The van der Waals surface area contributed by atoms with Gasteiger partial charge in [0.1, 0.15) is 6.61 Å². The van der Waals surface area contributed by atoms with Crippen LogP contribution in [0.15, 0.2) is 36.0 Å². The minimum absolute atomic E-state index is 0.0161. The fraction of sp³-hybridized carbons (Fsp3) is 0.577. The van der Waals surface area contributed by atoms with Crippen LogP contribution in [0.4, 0.5) is 0 Å². The molecule has 2 aromatic rings.